The van der Waals surface area contributed by atoms with Gasteiger partial charge in [0, 0.05) is 5.56 Å². The van der Waals surface area contributed by atoms with Crippen LogP contribution in [-0.4, -0.2) is 27.3 Å². The molecule has 0 aliphatic carbocycles. The van der Waals surface area contributed by atoms with Crippen molar-refractivity contribution in [1.29, 1.82) is 0 Å². The van der Waals surface area contributed by atoms with E-state index in [2.05, 4.69) is 15.9 Å². The van der Waals surface area contributed by atoms with Crippen LogP contribution in [0.25, 0.3) is 0 Å². The minimum Gasteiger partial charge on any atom is -0.495 e. The van der Waals surface area contributed by atoms with Crippen LogP contribution in [0, 0.1) is 0 Å². The van der Waals surface area contributed by atoms with E-state index < -0.39 is 5.92 Å². The number of hydrogen-bond donors (Lipinski definition) is 0. The fourth-order valence-electron chi connectivity index (χ4n) is 1.56. The normalized spacial score (nSPS) is 11.8. The SMILES string of the molecule is COC(=O)C(C)c1ccc(OC)c(Br)c1OC. The van der Waals surface area contributed by atoms with Crippen molar-refractivity contribution in [3.63, 3.8) is 0 Å². The summed E-state index contributed by atoms with van der Waals surface area (Å²) >= 11 is 3.39. The Labute approximate surface area is 109 Å². The zero-order chi connectivity index (χ0) is 13.0. The second-order valence-corrected chi connectivity index (χ2v) is 4.24. The summed E-state index contributed by atoms with van der Waals surface area (Å²) in [4.78, 5) is 11.5. The Kier molecular flexibility index (Phi) is 4.81. The molecule has 0 saturated carbocycles. The van der Waals surface area contributed by atoms with Crippen LogP contribution in [0.4, 0.5) is 0 Å². The Morgan fingerprint density at radius 1 is 1.24 bits per heavy atom. The van der Waals surface area contributed by atoms with Gasteiger partial charge < -0.3 is 14.2 Å². The lowest BCUT2D eigenvalue weighted by Crippen LogP contribution is -2.12. The molecule has 1 aromatic carbocycles. The second kappa shape index (κ2) is 5.91. The zero-order valence-electron chi connectivity index (χ0n) is 10.2. The maximum absolute atomic E-state index is 11.5. The predicted molar refractivity (Wildman–Crippen MR) is 67.7 cm³/mol. The predicted octanol–water partition coefficient (Wildman–Crippen LogP) is 2.74. The highest BCUT2D eigenvalue weighted by Gasteiger charge is 2.22. The fraction of sp³-hybridized carbons (Fsp3) is 0.417. The molecule has 1 rings (SSSR count). The van der Waals surface area contributed by atoms with Gasteiger partial charge in [0.15, 0.2) is 0 Å². The van der Waals surface area contributed by atoms with Gasteiger partial charge in [0.1, 0.15) is 16.0 Å². The van der Waals surface area contributed by atoms with Crippen LogP contribution in [0.5, 0.6) is 11.5 Å². The molecule has 0 spiro atoms. The summed E-state index contributed by atoms with van der Waals surface area (Å²) in [6.45, 7) is 1.77. The van der Waals surface area contributed by atoms with Crippen molar-refractivity contribution in [3.05, 3.63) is 22.2 Å². The molecule has 94 valence electrons. The smallest absolute Gasteiger partial charge is 0.312 e. The fourth-order valence-corrected chi connectivity index (χ4v) is 2.25. The van der Waals surface area contributed by atoms with Crippen molar-refractivity contribution in [2.24, 2.45) is 0 Å². The number of hydrogen-bond acceptors (Lipinski definition) is 4. The van der Waals surface area contributed by atoms with Crippen molar-refractivity contribution in [2.75, 3.05) is 21.3 Å². The highest BCUT2D eigenvalue weighted by Crippen LogP contribution is 2.40. The van der Waals surface area contributed by atoms with Crippen molar-refractivity contribution >= 4 is 21.9 Å². The molecule has 4 nitrogen and oxygen atoms in total. The van der Waals surface area contributed by atoms with Gasteiger partial charge in [-0.15, -0.1) is 0 Å². The van der Waals surface area contributed by atoms with Crippen LogP contribution in [0.15, 0.2) is 16.6 Å². The third-order valence-electron chi connectivity index (χ3n) is 2.54. The van der Waals surface area contributed by atoms with E-state index in [0.29, 0.717) is 16.0 Å². The van der Waals surface area contributed by atoms with E-state index in [1.165, 1.54) is 7.11 Å². The Balaban J connectivity index is 3.25. The molecule has 0 amide bonds. The van der Waals surface area contributed by atoms with Crippen LogP contribution >= 0.6 is 15.9 Å². The van der Waals surface area contributed by atoms with E-state index in [1.54, 1.807) is 33.3 Å². The van der Waals surface area contributed by atoms with Crippen LogP contribution in [-0.2, 0) is 9.53 Å². The number of carbonyl (C=O) groups excluding carboxylic acids is 1. The van der Waals surface area contributed by atoms with Gasteiger partial charge in [0.05, 0.1) is 27.2 Å². The van der Waals surface area contributed by atoms with Gasteiger partial charge in [-0.25, -0.2) is 0 Å². The number of carbonyl (C=O) groups is 1. The lowest BCUT2D eigenvalue weighted by atomic mass is 10.00. The maximum atomic E-state index is 11.5. The number of ether oxygens (including phenoxy) is 3. The molecule has 1 atom stereocenters. The quantitative estimate of drug-likeness (QED) is 0.802. The number of methoxy groups -OCH3 is 3. The lowest BCUT2D eigenvalue weighted by Gasteiger charge is -2.16. The molecule has 0 aliphatic heterocycles. The van der Waals surface area contributed by atoms with Crippen molar-refractivity contribution in [1.82, 2.24) is 0 Å². The first-order valence-corrected chi connectivity index (χ1v) is 5.84. The molecule has 0 aliphatic rings. The summed E-state index contributed by atoms with van der Waals surface area (Å²) in [6, 6.07) is 3.57. The van der Waals surface area contributed by atoms with Crippen LogP contribution < -0.4 is 9.47 Å². The van der Waals surface area contributed by atoms with E-state index >= 15 is 0 Å². The van der Waals surface area contributed by atoms with Crippen LogP contribution in [0.3, 0.4) is 0 Å². The second-order valence-electron chi connectivity index (χ2n) is 3.45. The Hall–Kier alpha value is -1.23. The third kappa shape index (κ3) is 2.72. The van der Waals surface area contributed by atoms with Gasteiger partial charge >= 0.3 is 5.97 Å². The van der Waals surface area contributed by atoms with Crippen LogP contribution in [0.2, 0.25) is 0 Å². The van der Waals surface area contributed by atoms with Crippen LogP contribution in [0.1, 0.15) is 18.4 Å². The molecule has 0 saturated heterocycles. The molecule has 1 aromatic rings. The van der Waals surface area contributed by atoms with E-state index in [9.17, 15) is 4.79 Å². The molecule has 0 radical (unpaired) electrons. The van der Waals surface area contributed by atoms with Gasteiger partial charge in [0.25, 0.3) is 0 Å². The minimum atomic E-state index is -0.392. The topological polar surface area (TPSA) is 44.8 Å². The third-order valence-corrected chi connectivity index (χ3v) is 3.29. The summed E-state index contributed by atoms with van der Waals surface area (Å²) in [7, 11) is 4.49. The molecule has 0 heterocycles. The number of esters is 1. The Morgan fingerprint density at radius 2 is 1.88 bits per heavy atom. The highest BCUT2D eigenvalue weighted by atomic mass is 79.9. The Morgan fingerprint density at radius 3 is 2.35 bits per heavy atom. The van der Waals surface area contributed by atoms with Gasteiger partial charge in [-0.1, -0.05) is 6.07 Å². The van der Waals surface area contributed by atoms with E-state index in [-0.39, 0.29) is 5.97 Å². The first-order chi connectivity index (χ1) is 8.06. The summed E-state index contributed by atoms with van der Waals surface area (Å²) in [5.74, 6) is 0.544. The van der Waals surface area contributed by atoms with Crippen molar-refractivity contribution in [3.8, 4) is 11.5 Å². The molecule has 0 aromatic heterocycles. The van der Waals surface area contributed by atoms with E-state index in [4.69, 9.17) is 14.2 Å². The van der Waals surface area contributed by atoms with E-state index in [0.717, 1.165) is 5.56 Å². The highest BCUT2D eigenvalue weighted by molar-refractivity contribution is 9.10. The lowest BCUT2D eigenvalue weighted by molar-refractivity contribution is -0.142. The summed E-state index contributed by atoms with van der Waals surface area (Å²) in [5.41, 5.74) is 0.757. The summed E-state index contributed by atoms with van der Waals surface area (Å²) in [5, 5.41) is 0. The average Bonchev–Trinajstić information content (AvgIpc) is 2.36. The van der Waals surface area contributed by atoms with Crippen molar-refractivity contribution in [2.45, 2.75) is 12.8 Å². The van der Waals surface area contributed by atoms with Gasteiger partial charge in [0.2, 0.25) is 0 Å². The number of rotatable bonds is 4. The average molecular weight is 303 g/mol. The number of benzene rings is 1. The molecular weight excluding hydrogens is 288 g/mol. The number of halogens is 1. The molecular formula is C12H15BrO4. The zero-order valence-corrected chi connectivity index (χ0v) is 11.8. The van der Waals surface area contributed by atoms with Gasteiger partial charge in [-0.2, -0.15) is 0 Å². The first kappa shape index (κ1) is 13.8. The molecule has 0 bridgehead atoms. The van der Waals surface area contributed by atoms with E-state index in [1.807, 2.05) is 0 Å². The molecule has 17 heavy (non-hydrogen) atoms. The minimum absolute atomic E-state index is 0.305. The Bertz CT molecular complexity index is 417. The molecule has 0 fully saturated rings. The molecule has 1 unspecified atom stereocenters. The van der Waals surface area contributed by atoms with Gasteiger partial charge in [-0.05, 0) is 28.9 Å². The molecule has 0 N–H and O–H groups in total. The maximum Gasteiger partial charge on any atom is 0.312 e. The summed E-state index contributed by atoms with van der Waals surface area (Å²) < 4.78 is 15.9. The van der Waals surface area contributed by atoms with Crippen molar-refractivity contribution < 1.29 is 19.0 Å². The molecule has 5 heteroatoms. The largest absolute Gasteiger partial charge is 0.495 e. The standard InChI is InChI=1S/C12H15BrO4/c1-7(12(14)17-4)8-5-6-9(15-2)10(13)11(8)16-3/h5-7H,1-4H3. The monoisotopic (exact) mass is 302 g/mol. The first-order valence-electron chi connectivity index (χ1n) is 5.05. The summed E-state index contributed by atoms with van der Waals surface area (Å²) in [6.07, 6.45) is 0. The van der Waals surface area contributed by atoms with Gasteiger partial charge in [-0.3, -0.25) is 4.79 Å².